The Morgan fingerprint density at radius 2 is 1.34 bits per heavy atom. The predicted molar refractivity (Wildman–Crippen MR) is 106 cm³/mol. The lowest BCUT2D eigenvalue weighted by molar-refractivity contribution is 0.0734. The molecule has 0 fully saturated rings. The van der Waals surface area contributed by atoms with Crippen molar-refractivity contribution in [3.63, 3.8) is 0 Å². The van der Waals surface area contributed by atoms with Crippen LogP contribution in [-0.2, 0) is 9.84 Å². The van der Waals surface area contributed by atoms with Crippen molar-refractivity contribution in [1.82, 2.24) is 0 Å². The summed E-state index contributed by atoms with van der Waals surface area (Å²) in [4.78, 5) is 24.8. The molecule has 7 heteroatoms. The van der Waals surface area contributed by atoms with Crippen molar-refractivity contribution >= 4 is 21.6 Å². The highest BCUT2D eigenvalue weighted by Crippen LogP contribution is 2.20. The molecule has 0 amide bonds. The topological polar surface area (TPSA) is 77.5 Å². The van der Waals surface area contributed by atoms with Crippen molar-refractivity contribution in [1.29, 1.82) is 0 Å². The minimum atomic E-state index is -3.48. The fourth-order valence-electron chi connectivity index (χ4n) is 2.73. The molecule has 0 radical (unpaired) electrons. The van der Waals surface area contributed by atoms with Gasteiger partial charge in [-0.15, -0.1) is 0 Å². The Balaban J connectivity index is 1.77. The molecule has 0 N–H and O–H groups in total. The van der Waals surface area contributed by atoms with Crippen LogP contribution < -0.4 is 4.74 Å². The summed E-state index contributed by atoms with van der Waals surface area (Å²) in [6.07, 6.45) is 1.07. The predicted octanol–water partition coefficient (Wildman–Crippen LogP) is 3.99. The number of rotatable bonds is 5. The molecule has 3 aromatic rings. The van der Waals surface area contributed by atoms with Crippen LogP contribution in [0.5, 0.6) is 5.75 Å². The molecular formula is C22H17FO5S. The Morgan fingerprint density at radius 1 is 0.828 bits per heavy atom. The van der Waals surface area contributed by atoms with E-state index in [-0.39, 0.29) is 22.0 Å². The molecule has 29 heavy (non-hydrogen) atoms. The highest BCUT2D eigenvalue weighted by atomic mass is 32.2. The zero-order valence-corrected chi connectivity index (χ0v) is 16.5. The third kappa shape index (κ3) is 4.75. The van der Waals surface area contributed by atoms with E-state index < -0.39 is 21.6 Å². The van der Waals surface area contributed by atoms with Crippen molar-refractivity contribution in [3.05, 3.63) is 94.8 Å². The van der Waals surface area contributed by atoms with E-state index in [1.165, 1.54) is 66.7 Å². The first-order chi connectivity index (χ1) is 13.6. The number of ketones is 1. The first kappa shape index (κ1) is 20.4. The Bertz CT molecular complexity index is 1180. The van der Waals surface area contributed by atoms with E-state index in [1.807, 2.05) is 0 Å². The largest absolute Gasteiger partial charge is 0.423 e. The summed E-state index contributed by atoms with van der Waals surface area (Å²) in [6, 6.07) is 15.4. The van der Waals surface area contributed by atoms with Crippen molar-refractivity contribution in [3.8, 4) is 5.75 Å². The van der Waals surface area contributed by atoms with Gasteiger partial charge in [-0.1, -0.05) is 6.07 Å². The third-order valence-electron chi connectivity index (χ3n) is 4.26. The van der Waals surface area contributed by atoms with Crippen LogP contribution in [0.4, 0.5) is 4.39 Å². The van der Waals surface area contributed by atoms with E-state index in [0.29, 0.717) is 16.7 Å². The van der Waals surface area contributed by atoms with Gasteiger partial charge in [0.05, 0.1) is 10.5 Å². The molecule has 0 aliphatic rings. The second kappa shape index (κ2) is 7.97. The summed E-state index contributed by atoms with van der Waals surface area (Å²) >= 11 is 0. The Hall–Kier alpha value is -3.32. The fourth-order valence-corrected chi connectivity index (χ4v) is 3.73. The van der Waals surface area contributed by atoms with E-state index in [0.717, 1.165) is 6.26 Å². The number of benzene rings is 3. The van der Waals surface area contributed by atoms with Crippen LogP contribution in [0.2, 0.25) is 0 Å². The summed E-state index contributed by atoms with van der Waals surface area (Å²) in [6.45, 7) is 1.64. The molecule has 0 atom stereocenters. The number of esters is 1. The minimum absolute atomic E-state index is 0.0622. The van der Waals surface area contributed by atoms with Gasteiger partial charge >= 0.3 is 5.97 Å². The molecule has 0 aliphatic heterocycles. The van der Waals surface area contributed by atoms with Gasteiger partial charge in [0.1, 0.15) is 11.6 Å². The molecule has 0 aromatic heterocycles. The summed E-state index contributed by atoms with van der Waals surface area (Å²) in [5.41, 5.74) is 1.32. The first-order valence-electron chi connectivity index (χ1n) is 8.58. The fraction of sp³-hybridized carbons (Fsp3) is 0.0909. The van der Waals surface area contributed by atoms with Crippen molar-refractivity contribution in [2.24, 2.45) is 0 Å². The van der Waals surface area contributed by atoms with Gasteiger partial charge in [0.25, 0.3) is 0 Å². The number of hydrogen-bond donors (Lipinski definition) is 0. The monoisotopic (exact) mass is 412 g/mol. The summed E-state index contributed by atoms with van der Waals surface area (Å²) in [5, 5.41) is 0. The Labute approximate surface area is 167 Å². The maximum atomic E-state index is 13.0. The van der Waals surface area contributed by atoms with Crippen LogP contribution in [0.3, 0.4) is 0 Å². The average molecular weight is 412 g/mol. The van der Waals surface area contributed by atoms with Gasteiger partial charge in [-0.05, 0) is 73.2 Å². The van der Waals surface area contributed by atoms with Gasteiger partial charge in [0.2, 0.25) is 0 Å². The molecule has 5 nitrogen and oxygen atoms in total. The molecule has 3 rings (SSSR count). The quantitative estimate of drug-likeness (QED) is 0.360. The SMILES string of the molecule is Cc1ccc(C(=O)Oc2ccc(C(=O)c3ccc(F)cc3)cc2)cc1S(C)(=O)=O. The molecule has 0 saturated carbocycles. The van der Waals surface area contributed by atoms with E-state index in [9.17, 15) is 22.4 Å². The molecule has 0 heterocycles. The number of sulfone groups is 1. The van der Waals surface area contributed by atoms with Gasteiger partial charge in [-0.3, -0.25) is 4.79 Å². The average Bonchev–Trinajstić information content (AvgIpc) is 2.68. The lowest BCUT2D eigenvalue weighted by Crippen LogP contribution is -2.11. The molecule has 0 spiro atoms. The van der Waals surface area contributed by atoms with Gasteiger partial charge in [0, 0.05) is 17.4 Å². The summed E-state index contributed by atoms with van der Waals surface area (Å²) in [5.74, 6) is -1.24. The zero-order valence-electron chi connectivity index (χ0n) is 15.7. The Kier molecular flexibility index (Phi) is 5.61. The number of carbonyl (C=O) groups excluding carboxylic acids is 2. The summed E-state index contributed by atoms with van der Waals surface area (Å²) < 4.78 is 41.9. The first-order valence-corrected chi connectivity index (χ1v) is 10.5. The van der Waals surface area contributed by atoms with Crippen LogP contribution in [0, 0.1) is 12.7 Å². The molecule has 3 aromatic carbocycles. The van der Waals surface area contributed by atoms with Gasteiger partial charge in [0.15, 0.2) is 15.6 Å². The number of ether oxygens (including phenoxy) is 1. The zero-order chi connectivity index (χ0) is 21.2. The van der Waals surface area contributed by atoms with Crippen molar-refractivity contribution in [2.45, 2.75) is 11.8 Å². The molecule has 0 unspecified atom stereocenters. The maximum absolute atomic E-state index is 13.0. The second-order valence-electron chi connectivity index (χ2n) is 6.50. The lowest BCUT2D eigenvalue weighted by Gasteiger charge is -2.08. The second-order valence-corrected chi connectivity index (χ2v) is 8.49. The van der Waals surface area contributed by atoms with Gasteiger partial charge < -0.3 is 4.74 Å². The van der Waals surface area contributed by atoms with Gasteiger partial charge in [-0.25, -0.2) is 17.6 Å². The molecule has 0 bridgehead atoms. The van der Waals surface area contributed by atoms with Crippen LogP contribution in [0.15, 0.2) is 71.6 Å². The van der Waals surface area contributed by atoms with Crippen LogP contribution in [0.1, 0.15) is 31.8 Å². The number of carbonyl (C=O) groups is 2. The van der Waals surface area contributed by atoms with E-state index >= 15 is 0 Å². The molecule has 148 valence electrons. The number of aryl methyl sites for hydroxylation is 1. The Morgan fingerprint density at radius 3 is 1.90 bits per heavy atom. The van der Waals surface area contributed by atoms with Gasteiger partial charge in [-0.2, -0.15) is 0 Å². The van der Waals surface area contributed by atoms with Crippen LogP contribution >= 0.6 is 0 Å². The highest BCUT2D eigenvalue weighted by Gasteiger charge is 2.16. The van der Waals surface area contributed by atoms with E-state index in [2.05, 4.69) is 0 Å². The number of halogens is 1. The molecule has 0 saturated heterocycles. The van der Waals surface area contributed by atoms with Crippen LogP contribution in [-0.4, -0.2) is 26.4 Å². The summed E-state index contributed by atoms with van der Waals surface area (Å²) in [7, 11) is -3.48. The van der Waals surface area contributed by atoms with Crippen molar-refractivity contribution < 1.29 is 27.1 Å². The molecular weight excluding hydrogens is 395 g/mol. The highest BCUT2D eigenvalue weighted by molar-refractivity contribution is 7.90. The van der Waals surface area contributed by atoms with Crippen LogP contribution in [0.25, 0.3) is 0 Å². The normalized spacial score (nSPS) is 11.1. The molecule has 0 aliphatic carbocycles. The smallest absolute Gasteiger partial charge is 0.343 e. The van der Waals surface area contributed by atoms with E-state index in [4.69, 9.17) is 4.74 Å². The number of hydrogen-bond acceptors (Lipinski definition) is 5. The standard InChI is InChI=1S/C22H17FO5S/c1-14-3-4-17(13-20(14)29(2,26)27)22(25)28-19-11-7-16(8-12-19)21(24)15-5-9-18(23)10-6-15/h3-13H,1-2H3. The van der Waals surface area contributed by atoms with Crippen molar-refractivity contribution in [2.75, 3.05) is 6.26 Å². The van der Waals surface area contributed by atoms with E-state index in [1.54, 1.807) is 6.92 Å². The lowest BCUT2D eigenvalue weighted by atomic mass is 10.0. The minimum Gasteiger partial charge on any atom is -0.423 e. The maximum Gasteiger partial charge on any atom is 0.343 e. The third-order valence-corrected chi connectivity index (χ3v) is 5.50.